The predicted octanol–water partition coefficient (Wildman–Crippen LogP) is 3.29. The summed E-state index contributed by atoms with van der Waals surface area (Å²) >= 11 is 0. The Morgan fingerprint density at radius 3 is 2.74 bits per heavy atom. The lowest BCUT2D eigenvalue weighted by molar-refractivity contribution is 0.163. The number of benzene rings is 1. The first kappa shape index (κ1) is 16.5. The van der Waals surface area contributed by atoms with Gasteiger partial charge < -0.3 is 5.73 Å². The molecule has 1 atom stereocenters. The highest BCUT2D eigenvalue weighted by molar-refractivity contribution is 5.85. The van der Waals surface area contributed by atoms with Gasteiger partial charge in [-0.25, -0.2) is 0 Å². The summed E-state index contributed by atoms with van der Waals surface area (Å²) in [6.45, 7) is 8.78. The molecule has 1 aromatic rings. The van der Waals surface area contributed by atoms with Gasteiger partial charge in [0.1, 0.15) is 0 Å². The Morgan fingerprint density at radius 1 is 1.26 bits per heavy atom. The molecule has 1 aromatic carbocycles. The summed E-state index contributed by atoms with van der Waals surface area (Å²) in [5.74, 6) is 0.815. The molecule has 1 aliphatic heterocycles. The van der Waals surface area contributed by atoms with E-state index in [2.05, 4.69) is 36.9 Å². The molecule has 1 saturated heterocycles. The molecule has 1 aliphatic rings. The van der Waals surface area contributed by atoms with Crippen LogP contribution in [0.2, 0.25) is 0 Å². The molecule has 1 fully saturated rings. The molecule has 108 valence electrons. The number of aryl methyl sites for hydroxylation is 2. The maximum atomic E-state index is 5.68. The zero-order valence-electron chi connectivity index (χ0n) is 12.2. The van der Waals surface area contributed by atoms with Gasteiger partial charge in [0.05, 0.1) is 0 Å². The van der Waals surface area contributed by atoms with Crippen LogP contribution in [0.5, 0.6) is 0 Å². The van der Waals surface area contributed by atoms with Gasteiger partial charge in [0, 0.05) is 13.1 Å². The molecule has 0 radical (unpaired) electrons. The van der Waals surface area contributed by atoms with Crippen molar-refractivity contribution in [1.82, 2.24) is 4.90 Å². The van der Waals surface area contributed by atoms with E-state index in [4.69, 9.17) is 5.73 Å². The fourth-order valence-corrected chi connectivity index (χ4v) is 2.93. The van der Waals surface area contributed by atoms with E-state index in [9.17, 15) is 0 Å². The van der Waals surface area contributed by atoms with Gasteiger partial charge in [-0.2, -0.15) is 0 Å². The number of rotatable bonds is 4. The lowest BCUT2D eigenvalue weighted by Gasteiger charge is -2.32. The molecule has 3 heteroatoms. The van der Waals surface area contributed by atoms with Gasteiger partial charge in [0.15, 0.2) is 0 Å². The number of nitrogens with two attached hydrogens (primary N) is 1. The fraction of sp³-hybridized carbons (Fsp3) is 0.625. The number of halogens is 1. The number of hydrogen-bond acceptors (Lipinski definition) is 2. The molecule has 0 aromatic heterocycles. The molecule has 1 unspecified atom stereocenters. The van der Waals surface area contributed by atoms with Crippen LogP contribution in [0, 0.1) is 19.8 Å². The van der Waals surface area contributed by atoms with E-state index in [1.54, 1.807) is 0 Å². The van der Waals surface area contributed by atoms with Crippen molar-refractivity contribution in [2.24, 2.45) is 11.7 Å². The monoisotopic (exact) mass is 282 g/mol. The quantitative estimate of drug-likeness (QED) is 0.918. The SMILES string of the molecule is Cc1ccc(CN2CCCC(CCN)C2)cc1C.Cl. The van der Waals surface area contributed by atoms with Crippen molar-refractivity contribution >= 4 is 12.4 Å². The van der Waals surface area contributed by atoms with Gasteiger partial charge in [0.2, 0.25) is 0 Å². The summed E-state index contributed by atoms with van der Waals surface area (Å²) < 4.78 is 0. The third-order valence-electron chi connectivity index (χ3n) is 4.16. The van der Waals surface area contributed by atoms with Crippen LogP contribution in [-0.4, -0.2) is 24.5 Å². The van der Waals surface area contributed by atoms with Crippen LogP contribution >= 0.6 is 12.4 Å². The highest BCUT2D eigenvalue weighted by Crippen LogP contribution is 2.21. The normalized spacial score (nSPS) is 20.1. The van der Waals surface area contributed by atoms with Gasteiger partial charge in [-0.05, 0) is 68.8 Å². The summed E-state index contributed by atoms with van der Waals surface area (Å²) in [7, 11) is 0. The Hall–Kier alpha value is -0.570. The van der Waals surface area contributed by atoms with E-state index < -0.39 is 0 Å². The van der Waals surface area contributed by atoms with E-state index in [0.717, 1.165) is 19.0 Å². The van der Waals surface area contributed by atoms with Crippen molar-refractivity contribution in [2.75, 3.05) is 19.6 Å². The molecular weight excluding hydrogens is 256 g/mol. The molecule has 0 aliphatic carbocycles. The second-order valence-corrected chi connectivity index (χ2v) is 5.74. The summed E-state index contributed by atoms with van der Waals surface area (Å²) in [5, 5.41) is 0. The molecule has 0 bridgehead atoms. The first-order chi connectivity index (χ1) is 8.69. The predicted molar refractivity (Wildman–Crippen MR) is 84.8 cm³/mol. The van der Waals surface area contributed by atoms with E-state index >= 15 is 0 Å². The van der Waals surface area contributed by atoms with Gasteiger partial charge in [-0.1, -0.05) is 18.2 Å². The van der Waals surface area contributed by atoms with Crippen LogP contribution < -0.4 is 5.73 Å². The number of likely N-dealkylation sites (tertiary alicyclic amines) is 1. The lowest BCUT2D eigenvalue weighted by Crippen LogP contribution is -2.35. The van der Waals surface area contributed by atoms with Crippen LogP contribution in [0.4, 0.5) is 0 Å². The van der Waals surface area contributed by atoms with Crippen LogP contribution in [-0.2, 0) is 6.54 Å². The molecule has 0 spiro atoms. The highest BCUT2D eigenvalue weighted by atomic mass is 35.5. The minimum atomic E-state index is 0. The van der Waals surface area contributed by atoms with Crippen molar-refractivity contribution in [3.05, 3.63) is 34.9 Å². The minimum absolute atomic E-state index is 0. The van der Waals surface area contributed by atoms with E-state index in [0.29, 0.717) is 0 Å². The first-order valence-electron chi connectivity index (χ1n) is 7.17. The molecule has 0 saturated carbocycles. The minimum Gasteiger partial charge on any atom is -0.330 e. The van der Waals surface area contributed by atoms with Gasteiger partial charge >= 0.3 is 0 Å². The average Bonchev–Trinajstić information content (AvgIpc) is 2.35. The fourth-order valence-electron chi connectivity index (χ4n) is 2.93. The smallest absolute Gasteiger partial charge is 0.0233 e. The first-order valence-corrected chi connectivity index (χ1v) is 7.17. The number of hydrogen-bond donors (Lipinski definition) is 1. The second kappa shape index (κ2) is 7.88. The maximum absolute atomic E-state index is 5.68. The van der Waals surface area contributed by atoms with Crippen LogP contribution in [0.3, 0.4) is 0 Å². The summed E-state index contributed by atoms with van der Waals surface area (Å²) in [6.07, 6.45) is 3.87. The molecule has 19 heavy (non-hydrogen) atoms. The van der Waals surface area contributed by atoms with E-state index in [-0.39, 0.29) is 12.4 Å². The Labute approximate surface area is 123 Å². The van der Waals surface area contributed by atoms with Crippen molar-refractivity contribution in [3.8, 4) is 0 Å². The third kappa shape index (κ3) is 4.79. The summed E-state index contributed by atoms with van der Waals surface area (Å²) in [6, 6.07) is 6.85. The van der Waals surface area contributed by atoms with Gasteiger partial charge in [-0.15, -0.1) is 12.4 Å². The van der Waals surface area contributed by atoms with Crippen molar-refractivity contribution in [2.45, 2.75) is 39.7 Å². The van der Waals surface area contributed by atoms with Crippen LogP contribution in [0.25, 0.3) is 0 Å². The second-order valence-electron chi connectivity index (χ2n) is 5.74. The van der Waals surface area contributed by atoms with Gasteiger partial charge in [0.25, 0.3) is 0 Å². The van der Waals surface area contributed by atoms with Crippen LogP contribution in [0.1, 0.15) is 36.0 Å². The largest absolute Gasteiger partial charge is 0.330 e. The third-order valence-corrected chi connectivity index (χ3v) is 4.16. The van der Waals surface area contributed by atoms with Gasteiger partial charge in [-0.3, -0.25) is 4.90 Å². The Bertz CT molecular complexity index is 390. The van der Waals surface area contributed by atoms with E-state index in [1.807, 2.05) is 0 Å². The molecular formula is C16H27ClN2. The number of nitrogens with zero attached hydrogens (tertiary/aromatic N) is 1. The maximum Gasteiger partial charge on any atom is 0.0233 e. The Balaban J connectivity index is 0.00000180. The Kier molecular flexibility index (Phi) is 6.84. The summed E-state index contributed by atoms with van der Waals surface area (Å²) in [4.78, 5) is 2.59. The molecule has 0 amide bonds. The summed E-state index contributed by atoms with van der Waals surface area (Å²) in [5.41, 5.74) is 9.92. The van der Waals surface area contributed by atoms with Crippen LogP contribution in [0.15, 0.2) is 18.2 Å². The lowest BCUT2D eigenvalue weighted by atomic mass is 9.94. The van der Waals surface area contributed by atoms with E-state index in [1.165, 1.54) is 49.0 Å². The van der Waals surface area contributed by atoms with Crippen molar-refractivity contribution in [3.63, 3.8) is 0 Å². The molecule has 2 rings (SSSR count). The molecule has 1 heterocycles. The zero-order valence-corrected chi connectivity index (χ0v) is 13.0. The number of piperidine rings is 1. The standard InChI is InChI=1S/C16H26N2.ClH/c1-13-5-6-16(10-14(13)2)12-18-9-3-4-15(11-18)7-8-17;/h5-6,10,15H,3-4,7-9,11-12,17H2,1-2H3;1H. The average molecular weight is 283 g/mol. The van der Waals surface area contributed by atoms with Crippen molar-refractivity contribution in [1.29, 1.82) is 0 Å². The molecule has 2 nitrogen and oxygen atoms in total. The van der Waals surface area contributed by atoms with Crippen molar-refractivity contribution < 1.29 is 0 Å². The molecule has 2 N–H and O–H groups in total. The zero-order chi connectivity index (χ0) is 13.0. The Morgan fingerprint density at radius 2 is 2.05 bits per heavy atom. The topological polar surface area (TPSA) is 29.3 Å². The highest BCUT2D eigenvalue weighted by Gasteiger charge is 2.19.